The second-order valence-electron chi connectivity index (χ2n) is 5.47. The molecule has 2 heterocycles. The van der Waals surface area contributed by atoms with Crippen LogP contribution in [0.2, 0.25) is 0 Å². The van der Waals surface area contributed by atoms with Crippen LogP contribution in [-0.2, 0) is 4.74 Å². The first-order valence-electron chi connectivity index (χ1n) is 6.58. The second-order valence-corrected chi connectivity index (χ2v) is 5.47. The molecule has 0 spiro atoms. The lowest BCUT2D eigenvalue weighted by Gasteiger charge is -2.37. The Balaban J connectivity index is 1.74. The Morgan fingerprint density at radius 2 is 2.00 bits per heavy atom. The van der Waals surface area contributed by atoms with Crippen LogP contribution in [0.25, 0.3) is 11.1 Å². The third-order valence-electron chi connectivity index (χ3n) is 3.37. The molecule has 0 N–H and O–H groups in total. The molecule has 0 radical (unpaired) electrons. The van der Waals surface area contributed by atoms with Crippen molar-refractivity contribution in [3.8, 4) is 17.0 Å². The number of halogens is 1. The smallest absolute Gasteiger partial charge is 0.250 e. The highest BCUT2D eigenvalue weighted by Crippen LogP contribution is 2.28. The zero-order chi connectivity index (χ0) is 14.0. The zero-order valence-electron chi connectivity index (χ0n) is 11.3. The van der Waals surface area contributed by atoms with Gasteiger partial charge < -0.3 is 9.47 Å². The van der Waals surface area contributed by atoms with Gasteiger partial charge in [0.1, 0.15) is 0 Å². The second kappa shape index (κ2) is 5.21. The van der Waals surface area contributed by atoms with Crippen LogP contribution in [0.1, 0.15) is 6.92 Å². The molecule has 4 heteroatoms. The molecule has 3 nitrogen and oxygen atoms in total. The normalized spacial score (nSPS) is 16.5. The summed E-state index contributed by atoms with van der Waals surface area (Å²) in [5.41, 5.74) is 1.66. The van der Waals surface area contributed by atoms with Crippen LogP contribution < -0.4 is 4.74 Å². The molecule has 3 rings (SSSR count). The fraction of sp³-hybridized carbons (Fsp3) is 0.312. The van der Waals surface area contributed by atoms with E-state index in [-0.39, 0.29) is 11.3 Å². The van der Waals surface area contributed by atoms with Crippen molar-refractivity contribution < 1.29 is 13.9 Å². The molecule has 0 atom stereocenters. The number of hydrogen-bond acceptors (Lipinski definition) is 3. The van der Waals surface area contributed by atoms with Gasteiger partial charge in [-0.05, 0) is 11.6 Å². The van der Waals surface area contributed by atoms with Gasteiger partial charge in [-0.25, -0.2) is 9.37 Å². The Morgan fingerprint density at radius 3 is 2.60 bits per heavy atom. The minimum Gasteiger partial charge on any atom is -0.475 e. The van der Waals surface area contributed by atoms with E-state index in [2.05, 4.69) is 4.98 Å². The van der Waals surface area contributed by atoms with Crippen LogP contribution in [0.5, 0.6) is 5.88 Å². The highest BCUT2D eigenvalue weighted by Gasteiger charge is 2.34. The Kier molecular flexibility index (Phi) is 3.40. The van der Waals surface area contributed by atoms with Crippen LogP contribution in [0.4, 0.5) is 4.39 Å². The van der Waals surface area contributed by atoms with Crippen molar-refractivity contribution >= 4 is 0 Å². The van der Waals surface area contributed by atoms with Crippen LogP contribution >= 0.6 is 0 Å². The third kappa shape index (κ3) is 2.65. The van der Waals surface area contributed by atoms with Crippen molar-refractivity contribution in [1.82, 2.24) is 4.98 Å². The van der Waals surface area contributed by atoms with Crippen molar-refractivity contribution in [3.63, 3.8) is 0 Å². The summed E-state index contributed by atoms with van der Waals surface area (Å²) in [5, 5.41) is 0. The van der Waals surface area contributed by atoms with Crippen molar-refractivity contribution in [2.45, 2.75) is 6.92 Å². The molecular formula is C16H16FNO2. The number of rotatable bonds is 4. The lowest BCUT2D eigenvalue weighted by atomic mass is 9.90. The Bertz CT molecular complexity index is 597. The Labute approximate surface area is 117 Å². The number of benzene rings is 1. The first kappa shape index (κ1) is 13.1. The molecular weight excluding hydrogens is 257 g/mol. The molecule has 104 valence electrons. The number of aromatic nitrogens is 1. The van der Waals surface area contributed by atoms with Crippen LogP contribution in [-0.4, -0.2) is 24.8 Å². The average Bonchev–Trinajstić information content (AvgIpc) is 2.45. The van der Waals surface area contributed by atoms with Crippen LogP contribution in [0.3, 0.4) is 0 Å². The van der Waals surface area contributed by atoms with Gasteiger partial charge in [-0.3, -0.25) is 0 Å². The lowest BCUT2D eigenvalue weighted by molar-refractivity contribution is -0.121. The SMILES string of the molecule is CC1(COc2ncc(-c3ccccc3)cc2F)COC1. The van der Waals surface area contributed by atoms with E-state index >= 15 is 0 Å². The van der Waals surface area contributed by atoms with Crippen LogP contribution in [0, 0.1) is 11.2 Å². The van der Waals surface area contributed by atoms with E-state index in [0.29, 0.717) is 19.8 Å². The molecule has 1 aliphatic heterocycles. The molecule has 0 saturated carbocycles. The van der Waals surface area contributed by atoms with E-state index < -0.39 is 5.82 Å². The average molecular weight is 273 g/mol. The van der Waals surface area contributed by atoms with Crippen molar-refractivity contribution in [3.05, 3.63) is 48.4 Å². The highest BCUT2D eigenvalue weighted by atomic mass is 19.1. The van der Waals surface area contributed by atoms with Gasteiger partial charge in [-0.15, -0.1) is 0 Å². The van der Waals surface area contributed by atoms with E-state index in [0.717, 1.165) is 11.1 Å². The Hall–Kier alpha value is -1.94. The highest BCUT2D eigenvalue weighted by molar-refractivity contribution is 5.62. The van der Waals surface area contributed by atoms with E-state index in [1.165, 1.54) is 6.07 Å². The summed E-state index contributed by atoms with van der Waals surface area (Å²) in [7, 11) is 0. The lowest BCUT2D eigenvalue weighted by Crippen LogP contribution is -2.44. The van der Waals surface area contributed by atoms with Gasteiger partial charge in [0.05, 0.1) is 19.8 Å². The van der Waals surface area contributed by atoms with Gasteiger partial charge in [0.2, 0.25) is 5.88 Å². The molecule has 0 bridgehead atoms. The summed E-state index contributed by atoms with van der Waals surface area (Å²) in [4.78, 5) is 4.08. The Morgan fingerprint density at radius 1 is 1.25 bits per heavy atom. The molecule has 1 fully saturated rings. The van der Waals surface area contributed by atoms with E-state index in [9.17, 15) is 4.39 Å². The summed E-state index contributed by atoms with van der Waals surface area (Å²) in [5.74, 6) is -0.381. The van der Waals surface area contributed by atoms with Gasteiger partial charge in [-0.1, -0.05) is 37.3 Å². The van der Waals surface area contributed by atoms with Crippen molar-refractivity contribution in [2.75, 3.05) is 19.8 Å². The molecule has 2 aromatic rings. The summed E-state index contributed by atoms with van der Waals surface area (Å²) >= 11 is 0. The maximum atomic E-state index is 14.0. The van der Waals surface area contributed by atoms with E-state index in [1.807, 2.05) is 37.3 Å². The predicted octanol–water partition coefficient (Wildman–Crippen LogP) is 3.30. The predicted molar refractivity (Wildman–Crippen MR) is 74.1 cm³/mol. The first-order chi connectivity index (χ1) is 9.66. The van der Waals surface area contributed by atoms with Crippen molar-refractivity contribution in [2.24, 2.45) is 5.41 Å². The summed E-state index contributed by atoms with van der Waals surface area (Å²) in [6, 6.07) is 11.0. The van der Waals surface area contributed by atoms with Gasteiger partial charge in [0, 0.05) is 17.2 Å². The summed E-state index contributed by atoms with van der Waals surface area (Å²) < 4.78 is 24.6. The minimum absolute atomic E-state index is 0.0216. The van der Waals surface area contributed by atoms with Gasteiger partial charge in [0.15, 0.2) is 5.82 Å². The fourth-order valence-corrected chi connectivity index (χ4v) is 2.10. The molecule has 1 saturated heterocycles. The number of hydrogen-bond donors (Lipinski definition) is 0. The van der Waals surface area contributed by atoms with Gasteiger partial charge in [-0.2, -0.15) is 0 Å². The van der Waals surface area contributed by atoms with Gasteiger partial charge >= 0.3 is 0 Å². The quantitative estimate of drug-likeness (QED) is 0.856. The van der Waals surface area contributed by atoms with Crippen molar-refractivity contribution in [1.29, 1.82) is 0 Å². The fourth-order valence-electron chi connectivity index (χ4n) is 2.10. The van der Waals surface area contributed by atoms with Gasteiger partial charge in [0.25, 0.3) is 0 Å². The standard InChI is InChI=1S/C16H16FNO2/c1-16(9-19-10-16)11-20-15-14(17)7-13(8-18-15)12-5-3-2-4-6-12/h2-8H,9-11H2,1H3. The maximum Gasteiger partial charge on any atom is 0.250 e. The van der Waals surface area contributed by atoms with E-state index in [4.69, 9.17) is 9.47 Å². The number of ether oxygens (including phenoxy) is 2. The topological polar surface area (TPSA) is 31.4 Å². The molecule has 20 heavy (non-hydrogen) atoms. The number of pyridine rings is 1. The minimum atomic E-state index is -0.435. The largest absolute Gasteiger partial charge is 0.475 e. The first-order valence-corrected chi connectivity index (χ1v) is 6.58. The molecule has 1 aromatic carbocycles. The molecule has 1 aromatic heterocycles. The molecule has 1 aliphatic rings. The van der Waals surface area contributed by atoms with Crippen LogP contribution in [0.15, 0.2) is 42.6 Å². The van der Waals surface area contributed by atoms with E-state index in [1.54, 1.807) is 6.20 Å². The molecule has 0 unspecified atom stereocenters. The monoisotopic (exact) mass is 273 g/mol. The zero-order valence-corrected chi connectivity index (χ0v) is 11.3. The molecule has 0 aliphatic carbocycles. The number of nitrogens with zero attached hydrogens (tertiary/aromatic N) is 1. The maximum absolute atomic E-state index is 14.0. The summed E-state index contributed by atoms with van der Waals surface area (Å²) in [6.07, 6.45) is 1.63. The third-order valence-corrected chi connectivity index (χ3v) is 3.37. The summed E-state index contributed by atoms with van der Waals surface area (Å²) in [6.45, 7) is 3.77. The molecule has 0 amide bonds.